The molecule has 104 valence electrons. The van der Waals surface area contributed by atoms with Gasteiger partial charge < -0.3 is 16.0 Å². The van der Waals surface area contributed by atoms with Crippen LogP contribution in [0.1, 0.15) is 26.2 Å². The van der Waals surface area contributed by atoms with Gasteiger partial charge in [-0.05, 0) is 25.3 Å². The molecule has 0 saturated carbocycles. The van der Waals surface area contributed by atoms with E-state index < -0.39 is 0 Å². The van der Waals surface area contributed by atoms with Crippen molar-refractivity contribution < 1.29 is 9.59 Å². The second kappa shape index (κ2) is 6.95. The maximum absolute atomic E-state index is 12.0. The summed E-state index contributed by atoms with van der Waals surface area (Å²) in [6.07, 6.45) is 2.18. The van der Waals surface area contributed by atoms with E-state index in [9.17, 15) is 9.59 Å². The third-order valence-corrected chi connectivity index (χ3v) is 3.77. The van der Waals surface area contributed by atoms with Crippen LogP contribution < -0.4 is 16.0 Å². The van der Waals surface area contributed by atoms with Gasteiger partial charge in [-0.2, -0.15) is 0 Å². The Kier molecular flexibility index (Phi) is 5.88. The lowest BCUT2D eigenvalue weighted by Crippen LogP contribution is -2.52. The van der Waals surface area contributed by atoms with Gasteiger partial charge in [0.2, 0.25) is 11.8 Å². The molecule has 0 radical (unpaired) electrons. The van der Waals surface area contributed by atoms with Crippen molar-refractivity contribution in [1.29, 1.82) is 0 Å². The molecule has 2 rings (SSSR count). The summed E-state index contributed by atoms with van der Waals surface area (Å²) in [5.74, 6) is 0.405. The molecule has 0 aromatic heterocycles. The molecule has 3 atom stereocenters. The van der Waals surface area contributed by atoms with E-state index in [0.29, 0.717) is 18.9 Å². The number of hydrogen-bond donors (Lipinski definition) is 3. The van der Waals surface area contributed by atoms with Crippen molar-refractivity contribution in [3.63, 3.8) is 0 Å². The maximum Gasteiger partial charge on any atom is 0.223 e. The van der Waals surface area contributed by atoms with Gasteiger partial charge in [-0.1, -0.05) is 6.92 Å². The molecule has 2 saturated heterocycles. The average Bonchev–Trinajstić information content (AvgIpc) is 2.32. The van der Waals surface area contributed by atoms with Crippen LogP contribution in [0.25, 0.3) is 0 Å². The highest BCUT2D eigenvalue weighted by Crippen LogP contribution is 2.16. The largest absolute Gasteiger partial charge is 0.356 e. The molecular weight excluding hydrogens is 254 g/mol. The molecule has 0 bridgehead atoms. The van der Waals surface area contributed by atoms with Gasteiger partial charge in [0.15, 0.2) is 0 Å². The molecular formula is C12H22ClN3O2. The quantitative estimate of drug-likeness (QED) is 0.667. The number of carbonyl (C=O) groups is 2. The molecule has 18 heavy (non-hydrogen) atoms. The Morgan fingerprint density at radius 2 is 2.11 bits per heavy atom. The van der Waals surface area contributed by atoms with Gasteiger partial charge in [0.05, 0.1) is 0 Å². The second-order valence-electron chi connectivity index (χ2n) is 5.12. The first-order chi connectivity index (χ1) is 8.16. The highest BCUT2D eigenvalue weighted by atomic mass is 35.5. The van der Waals surface area contributed by atoms with Crippen molar-refractivity contribution in [3.05, 3.63) is 0 Å². The first kappa shape index (κ1) is 15.2. The van der Waals surface area contributed by atoms with Gasteiger partial charge in [-0.15, -0.1) is 12.4 Å². The summed E-state index contributed by atoms with van der Waals surface area (Å²) in [5.41, 5.74) is 0. The summed E-state index contributed by atoms with van der Waals surface area (Å²) in [6.45, 7) is 4.65. The van der Waals surface area contributed by atoms with Crippen LogP contribution in [0.4, 0.5) is 0 Å². The summed E-state index contributed by atoms with van der Waals surface area (Å²) in [4.78, 5) is 23.3. The minimum atomic E-state index is -0.141. The monoisotopic (exact) mass is 275 g/mol. The molecule has 3 N–H and O–H groups in total. The number of carbonyl (C=O) groups excluding carboxylic acids is 2. The first-order valence-electron chi connectivity index (χ1n) is 6.44. The van der Waals surface area contributed by atoms with E-state index >= 15 is 0 Å². The number of rotatable bonds is 2. The van der Waals surface area contributed by atoms with E-state index in [0.717, 1.165) is 25.9 Å². The minimum absolute atomic E-state index is 0. The fourth-order valence-electron chi connectivity index (χ4n) is 2.49. The first-order valence-corrected chi connectivity index (χ1v) is 6.44. The summed E-state index contributed by atoms with van der Waals surface area (Å²) < 4.78 is 0. The third-order valence-electron chi connectivity index (χ3n) is 3.77. The van der Waals surface area contributed by atoms with Crippen LogP contribution in [0, 0.1) is 11.8 Å². The highest BCUT2D eigenvalue weighted by Gasteiger charge is 2.29. The minimum Gasteiger partial charge on any atom is -0.356 e. The zero-order valence-corrected chi connectivity index (χ0v) is 11.5. The lowest BCUT2D eigenvalue weighted by molar-refractivity contribution is -0.133. The fourth-order valence-corrected chi connectivity index (χ4v) is 2.49. The summed E-state index contributed by atoms with van der Waals surface area (Å²) in [5, 5.41) is 9.11. The predicted octanol–water partition coefficient (Wildman–Crippen LogP) is 0.0486. The van der Waals surface area contributed by atoms with Crippen LogP contribution in [0.2, 0.25) is 0 Å². The smallest absolute Gasteiger partial charge is 0.223 e. The van der Waals surface area contributed by atoms with Crippen LogP contribution in [0.3, 0.4) is 0 Å². The summed E-state index contributed by atoms with van der Waals surface area (Å²) in [6, 6.07) is 0.209. The lowest BCUT2D eigenvalue weighted by atomic mass is 9.92. The Hall–Kier alpha value is -0.810. The van der Waals surface area contributed by atoms with Gasteiger partial charge in [0.1, 0.15) is 0 Å². The molecule has 2 amide bonds. The fraction of sp³-hybridized carbons (Fsp3) is 0.833. The normalized spacial score (nSPS) is 32.1. The van der Waals surface area contributed by atoms with Gasteiger partial charge in [0, 0.05) is 31.5 Å². The van der Waals surface area contributed by atoms with Gasteiger partial charge in [-0.3, -0.25) is 9.59 Å². The lowest BCUT2D eigenvalue weighted by Gasteiger charge is -2.32. The number of halogens is 1. The molecule has 0 aliphatic carbocycles. The van der Waals surface area contributed by atoms with E-state index in [4.69, 9.17) is 0 Å². The molecule has 0 spiro atoms. The van der Waals surface area contributed by atoms with Crippen molar-refractivity contribution >= 4 is 24.2 Å². The van der Waals surface area contributed by atoms with Crippen LogP contribution in [-0.4, -0.2) is 37.5 Å². The SMILES string of the molecule is CC1CCNCC1NC(=O)C1CCNC(=O)C1.Cl. The van der Waals surface area contributed by atoms with Crippen molar-refractivity contribution in [3.8, 4) is 0 Å². The second-order valence-corrected chi connectivity index (χ2v) is 5.12. The maximum atomic E-state index is 12.0. The van der Waals surface area contributed by atoms with E-state index in [1.165, 1.54) is 0 Å². The topological polar surface area (TPSA) is 70.2 Å². The van der Waals surface area contributed by atoms with Crippen LogP contribution >= 0.6 is 12.4 Å². The molecule has 0 aromatic rings. The van der Waals surface area contributed by atoms with Crippen LogP contribution in [0.15, 0.2) is 0 Å². The van der Waals surface area contributed by atoms with Crippen LogP contribution in [0.5, 0.6) is 0 Å². The molecule has 0 aromatic carbocycles. The van der Waals surface area contributed by atoms with Crippen molar-refractivity contribution in [1.82, 2.24) is 16.0 Å². The van der Waals surface area contributed by atoms with E-state index in [-0.39, 0.29) is 36.2 Å². The summed E-state index contributed by atoms with van der Waals surface area (Å²) >= 11 is 0. The van der Waals surface area contributed by atoms with E-state index in [2.05, 4.69) is 22.9 Å². The third kappa shape index (κ3) is 3.85. The Morgan fingerprint density at radius 3 is 2.78 bits per heavy atom. The molecule has 6 heteroatoms. The zero-order chi connectivity index (χ0) is 12.3. The van der Waals surface area contributed by atoms with E-state index in [1.807, 2.05) is 0 Å². The van der Waals surface area contributed by atoms with Crippen molar-refractivity contribution in [2.75, 3.05) is 19.6 Å². The van der Waals surface area contributed by atoms with Crippen molar-refractivity contribution in [2.24, 2.45) is 11.8 Å². The Morgan fingerprint density at radius 1 is 1.33 bits per heavy atom. The molecule has 5 nitrogen and oxygen atoms in total. The molecule has 2 aliphatic heterocycles. The average molecular weight is 276 g/mol. The van der Waals surface area contributed by atoms with Gasteiger partial charge in [0.25, 0.3) is 0 Å². The van der Waals surface area contributed by atoms with Gasteiger partial charge >= 0.3 is 0 Å². The van der Waals surface area contributed by atoms with Crippen molar-refractivity contribution in [2.45, 2.75) is 32.2 Å². The Labute approximate surface area is 114 Å². The number of amides is 2. The Balaban J connectivity index is 0.00000162. The highest BCUT2D eigenvalue weighted by molar-refractivity contribution is 5.87. The molecule has 2 heterocycles. The van der Waals surface area contributed by atoms with E-state index in [1.54, 1.807) is 0 Å². The van der Waals surface area contributed by atoms with Crippen LogP contribution in [-0.2, 0) is 9.59 Å². The zero-order valence-electron chi connectivity index (χ0n) is 10.7. The Bertz CT molecular complexity index is 312. The number of hydrogen-bond acceptors (Lipinski definition) is 3. The molecule has 2 aliphatic rings. The number of piperidine rings is 2. The molecule has 2 fully saturated rings. The number of nitrogens with one attached hydrogen (secondary N) is 3. The molecule has 3 unspecified atom stereocenters. The standard InChI is InChI=1S/C12H21N3O2.ClH/c1-8-2-4-13-7-10(8)15-12(17)9-3-5-14-11(16)6-9;/h8-10,13H,2-7H2,1H3,(H,14,16)(H,15,17);1H. The van der Waals surface area contributed by atoms with Gasteiger partial charge in [-0.25, -0.2) is 0 Å². The summed E-state index contributed by atoms with van der Waals surface area (Å²) in [7, 11) is 0. The predicted molar refractivity (Wildman–Crippen MR) is 71.6 cm³/mol.